The number of hydrogen-bond donors (Lipinski definition) is 2. The Morgan fingerprint density at radius 2 is 1.95 bits per heavy atom. The van der Waals surface area contributed by atoms with Crippen molar-refractivity contribution in [2.75, 3.05) is 5.75 Å². The fourth-order valence-corrected chi connectivity index (χ4v) is 2.34. The first-order valence-corrected chi connectivity index (χ1v) is 7.26. The van der Waals surface area contributed by atoms with Crippen LogP contribution in [0.3, 0.4) is 0 Å². The lowest BCUT2D eigenvalue weighted by Gasteiger charge is -2.05. The molecule has 0 saturated carbocycles. The molecule has 6 heteroatoms. The second-order valence-electron chi connectivity index (χ2n) is 4.24. The minimum atomic E-state index is -1.01. The van der Waals surface area contributed by atoms with E-state index in [0.717, 1.165) is 5.56 Å². The zero-order valence-corrected chi connectivity index (χ0v) is 12.0. The van der Waals surface area contributed by atoms with Crippen LogP contribution in [0.5, 0.6) is 0 Å². The first kappa shape index (κ1) is 15.1. The highest BCUT2D eigenvalue weighted by molar-refractivity contribution is 7.99. The Morgan fingerprint density at radius 3 is 2.67 bits per heavy atom. The van der Waals surface area contributed by atoms with Crippen molar-refractivity contribution in [3.63, 3.8) is 0 Å². The SMILES string of the molecule is O=C(CSc1cc(C(=O)O)ccn1)NCc1ccccc1. The summed E-state index contributed by atoms with van der Waals surface area (Å²) in [7, 11) is 0. The van der Waals surface area contributed by atoms with Crippen LogP contribution in [0.4, 0.5) is 0 Å². The van der Waals surface area contributed by atoms with Crippen molar-refractivity contribution in [1.29, 1.82) is 0 Å². The van der Waals surface area contributed by atoms with Crippen LogP contribution in [0.25, 0.3) is 0 Å². The predicted octanol–water partition coefficient (Wildman–Crippen LogP) is 2.19. The van der Waals surface area contributed by atoms with E-state index in [4.69, 9.17) is 5.11 Å². The molecule has 2 N–H and O–H groups in total. The molecule has 0 atom stereocenters. The Balaban J connectivity index is 1.81. The number of hydrogen-bond acceptors (Lipinski definition) is 4. The largest absolute Gasteiger partial charge is 0.478 e. The summed E-state index contributed by atoms with van der Waals surface area (Å²) in [6, 6.07) is 12.5. The lowest BCUT2D eigenvalue weighted by Crippen LogP contribution is -2.24. The summed E-state index contributed by atoms with van der Waals surface area (Å²) in [5.74, 6) is -0.928. The first-order valence-electron chi connectivity index (χ1n) is 6.28. The number of nitrogens with zero attached hydrogens (tertiary/aromatic N) is 1. The Kier molecular flexibility index (Phi) is 5.34. The monoisotopic (exact) mass is 302 g/mol. The van der Waals surface area contributed by atoms with Crippen LogP contribution in [0, 0.1) is 0 Å². The van der Waals surface area contributed by atoms with Gasteiger partial charge in [0.25, 0.3) is 0 Å². The van der Waals surface area contributed by atoms with Gasteiger partial charge in [-0.05, 0) is 17.7 Å². The number of carbonyl (C=O) groups excluding carboxylic acids is 1. The molecule has 1 aromatic heterocycles. The van der Waals surface area contributed by atoms with E-state index < -0.39 is 5.97 Å². The summed E-state index contributed by atoms with van der Waals surface area (Å²) in [5, 5.41) is 12.2. The molecule has 0 aliphatic rings. The quantitative estimate of drug-likeness (QED) is 0.800. The van der Waals surface area contributed by atoms with E-state index in [9.17, 15) is 9.59 Å². The fraction of sp³-hybridized carbons (Fsp3) is 0.133. The van der Waals surface area contributed by atoms with Gasteiger partial charge in [0.2, 0.25) is 5.91 Å². The molecule has 108 valence electrons. The summed E-state index contributed by atoms with van der Waals surface area (Å²) >= 11 is 1.21. The maximum absolute atomic E-state index is 11.7. The lowest BCUT2D eigenvalue weighted by molar-refractivity contribution is -0.118. The zero-order valence-electron chi connectivity index (χ0n) is 11.2. The smallest absolute Gasteiger partial charge is 0.335 e. The average molecular weight is 302 g/mol. The average Bonchev–Trinajstić information content (AvgIpc) is 2.52. The van der Waals surface area contributed by atoms with E-state index in [0.29, 0.717) is 11.6 Å². The molecule has 1 aromatic carbocycles. The van der Waals surface area contributed by atoms with Crippen molar-refractivity contribution >= 4 is 23.6 Å². The van der Waals surface area contributed by atoms with Crippen LogP contribution in [0.2, 0.25) is 0 Å². The molecular weight excluding hydrogens is 288 g/mol. The van der Waals surface area contributed by atoms with E-state index in [1.165, 1.54) is 30.1 Å². The maximum atomic E-state index is 11.7. The molecule has 0 aliphatic heterocycles. The topological polar surface area (TPSA) is 79.3 Å². The van der Waals surface area contributed by atoms with Gasteiger partial charge in [-0.25, -0.2) is 9.78 Å². The molecule has 1 heterocycles. The van der Waals surface area contributed by atoms with Crippen LogP contribution in [0.15, 0.2) is 53.7 Å². The number of benzene rings is 1. The van der Waals surface area contributed by atoms with Crippen LogP contribution >= 0.6 is 11.8 Å². The molecule has 0 fully saturated rings. The summed E-state index contributed by atoms with van der Waals surface area (Å²) in [4.78, 5) is 26.6. The minimum absolute atomic E-state index is 0.119. The van der Waals surface area contributed by atoms with E-state index in [1.54, 1.807) is 0 Å². The number of aromatic carboxylic acids is 1. The molecule has 0 unspecified atom stereocenters. The van der Waals surface area contributed by atoms with Gasteiger partial charge < -0.3 is 10.4 Å². The van der Waals surface area contributed by atoms with Crippen molar-refractivity contribution in [3.8, 4) is 0 Å². The number of nitrogens with one attached hydrogen (secondary N) is 1. The third kappa shape index (κ3) is 4.92. The number of aromatic nitrogens is 1. The van der Waals surface area contributed by atoms with Crippen molar-refractivity contribution < 1.29 is 14.7 Å². The van der Waals surface area contributed by atoms with Crippen LogP contribution in [0.1, 0.15) is 15.9 Å². The molecular formula is C15H14N2O3S. The predicted molar refractivity (Wildman–Crippen MR) is 80.2 cm³/mol. The number of carboxylic acids is 1. The van der Waals surface area contributed by atoms with Gasteiger partial charge in [0.15, 0.2) is 0 Å². The van der Waals surface area contributed by atoms with Gasteiger partial charge in [-0.1, -0.05) is 42.1 Å². The molecule has 2 aromatic rings. The molecule has 2 rings (SSSR count). The number of thioether (sulfide) groups is 1. The molecule has 0 radical (unpaired) electrons. The summed E-state index contributed by atoms with van der Waals surface area (Å²) in [6.45, 7) is 0.475. The van der Waals surface area contributed by atoms with Crippen molar-refractivity contribution in [3.05, 3.63) is 59.8 Å². The van der Waals surface area contributed by atoms with Crippen molar-refractivity contribution in [1.82, 2.24) is 10.3 Å². The first-order chi connectivity index (χ1) is 10.1. The highest BCUT2D eigenvalue weighted by atomic mass is 32.2. The number of amides is 1. The van der Waals surface area contributed by atoms with Crippen molar-refractivity contribution in [2.45, 2.75) is 11.6 Å². The van der Waals surface area contributed by atoms with Gasteiger partial charge in [0.1, 0.15) is 0 Å². The third-order valence-electron chi connectivity index (χ3n) is 2.67. The Morgan fingerprint density at radius 1 is 1.19 bits per heavy atom. The lowest BCUT2D eigenvalue weighted by atomic mass is 10.2. The van der Waals surface area contributed by atoms with Crippen molar-refractivity contribution in [2.24, 2.45) is 0 Å². The number of carboxylic acid groups (broad SMARTS) is 1. The van der Waals surface area contributed by atoms with Gasteiger partial charge in [0, 0.05) is 12.7 Å². The van der Waals surface area contributed by atoms with Crippen LogP contribution in [-0.4, -0.2) is 27.7 Å². The zero-order chi connectivity index (χ0) is 15.1. The van der Waals surface area contributed by atoms with Gasteiger partial charge in [-0.3, -0.25) is 4.79 Å². The second kappa shape index (κ2) is 7.44. The summed E-state index contributed by atoms with van der Waals surface area (Å²) in [6.07, 6.45) is 1.42. The van der Waals surface area contributed by atoms with Gasteiger partial charge in [0.05, 0.1) is 16.3 Å². The normalized spacial score (nSPS) is 10.1. The molecule has 0 aliphatic carbocycles. The highest BCUT2D eigenvalue weighted by Gasteiger charge is 2.07. The minimum Gasteiger partial charge on any atom is -0.478 e. The van der Waals surface area contributed by atoms with Gasteiger partial charge in [-0.15, -0.1) is 0 Å². The highest BCUT2D eigenvalue weighted by Crippen LogP contribution is 2.16. The van der Waals surface area contributed by atoms with Gasteiger partial charge >= 0.3 is 5.97 Å². The molecule has 21 heavy (non-hydrogen) atoms. The number of rotatable bonds is 6. The van der Waals surface area contributed by atoms with Gasteiger partial charge in [-0.2, -0.15) is 0 Å². The summed E-state index contributed by atoms with van der Waals surface area (Å²) in [5.41, 5.74) is 1.19. The molecule has 5 nitrogen and oxygen atoms in total. The number of pyridine rings is 1. The van der Waals surface area contributed by atoms with E-state index in [1.807, 2.05) is 30.3 Å². The number of carbonyl (C=O) groups is 2. The molecule has 1 amide bonds. The third-order valence-corrected chi connectivity index (χ3v) is 3.59. The maximum Gasteiger partial charge on any atom is 0.335 e. The fourth-order valence-electron chi connectivity index (χ4n) is 1.61. The van der Waals surface area contributed by atoms with E-state index in [2.05, 4.69) is 10.3 Å². The summed E-state index contributed by atoms with van der Waals surface area (Å²) < 4.78 is 0. The molecule has 0 saturated heterocycles. The molecule has 0 bridgehead atoms. The Labute approximate surface area is 126 Å². The van der Waals surface area contributed by atoms with Crippen LogP contribution < -0.4 is 5.32 Å². The van der Waals surface area contributed by atoms with E-state index in [-0.39, 0.29) is 17.2 Å². The second-order valence-corrected chi connectivity index (χ2v) is 5.23. The van der Waals surface area contributed by atoms with Crippen LogP contribution in [-0.2, 0) is 11.3 Å². The Bertz CT molecular complexity index is 632. The Hall–Kier alpha value is -2.34. The standard InChI is InChI=1S/C15H14N2O3S/c18-13(17-9-11-4-2-1-3-5-11)10-21-14-8-12(15(19)20)6-7-16-14/h1-8H,9-10H2,(H,17,18)(H,19,20). The van der Waals surface area contributed by atoms with E-state index >= 15 is 0 Å². The molecule has 0 spiro atoms.